The Morgan fingerprint density at radius 1 is 1.30 bits per heavy atom. The SMILES string of the molecule is CC(C)(C)OC(=O)N1CC(C)(C(=O)O)c2ccccc21. The molecular formula is C15H19NO4. The Balaban J connectivity index is 2.40. The molecule has 1 aliphatic heterocycles. The maximum Gasteiger partial charge on any atom is 0.414 e. The minimum absolute atomic E-state index is 0.0800. The lowest BCUT2D eigenvalue weighted by atomic mass is 9.85. The van der Waals surface area contributed by atoms with Crippen LogP contribution in [-0.4, -0.2) is 29.3 Å². The molecule has 0 bridgehead atoms. The molecule has 1 unspecified atom stereocenters. The number of nitrogens with zero attached hydrogens (tertiary/aromatic N) is 1. The third kappa shape index (κ3) is 2.35. The van der Waals surface area contributed by atoms with E-state index in [4.69, 9.17) is 4.74 Å². The van der Waals surface area contributed by atoms with E-state index in [9.17, 15) is 14.7 Å². The normalized spacial score (nSPS) is 21.5. The lowest BCUT2D eigenvalue weighted by molar-refractivity contribution is -0.142. The maximum atomic E-state index is 12.2. The van der Waals surface area contributed by atoms with Gasteiger partial charge in [0.25, 0.3) is 0 Å². The van der Waals surface area contributed by atoms with Crippen molar-refractivity contribution in [3.05, 3.63) is 29.8 Å². The van der Waals surface area contributed by atoms with Crippen molar-refractivity contribution in [2.45, 2.75) is 38.7 Å². The summed E-state index contributed by atoms with van der Waals surface area (Å²) in [6.07, 6.45) is -0.519. The van der Waals surface area contributed by atoms with Crippen molar-refractivity contribution in [2.24, 2.45) is 0 Å². The van der Waals surface area contributed by atoms with Crippen LogP contribution in [-0.2, 0) is 14.9 Å². The quantitative estimate of drug-likeness (QED) is 0.857. The number of aliphatic carboxylic acids is 1. The van der Waals surface area contributed by atoms with E-state index in [-0.39, 0.29) is 6.54 Å². The van der Waals surface area contributed by atoms with Crippen molar-refractivity contribution in [3.8, 4) is 0 Å². The molecule has 5 heteroatoms. The number of anilines is 1. The molecule has 0 aromatic heterocycles. The first-order chi connectivity index (χ1) is 9.15. The summed E-state index contributed by atoms with van der Waals surface area (Å²) in [5, 5.41) is 9.47. The minimum Gasteiger partial charge on any atom is -0.481 e. The Bertz CT molecular complexity index is 561. The summed E-state index contributed by atoms with van der Waals surface area (Å²) in [5.41, 5.74) is -0.480. The number of carboxylic acids is 1. The Kier molecular flexibility index (Phi) is 3.24. The average Bonchev–Trinajstić information content (AvgIpc) is 2.63. The highest BCUT2D eigenvalue weighted by molar-refractivity contribution is 5.97. The smallest absolute Gasteiger partial charge is 0.414 e. The van der Waals surface area contributed by atoms with Crippen molar-refractivity contribution < 1.29 is 19.4 Å². The number of carboxylic acid groups (broad SMARTS) is 1. The minimum atomic E-state index is -1.10. The van der Waals surface area contributed by atoms with Crippen molar-refractivity contribution in [1.82, 2.24) is 0 Å². The van der Waals surface area contributed by atoms with Gasteiger partial charge in [0.2, 0.25) is 0 Å². The number of hydrogen-bond acceptors (Lipinski definition) is 3. The standard InChI is InChI=1S/C15H19NO4/c1-14(2,3)20-13(19)16-9-15(4,12(17)18)10-7-5-6-8-11(10)16/h5-8H,9H2,1-4H3,(H,17,18). The van der Waals surface area contributed by atoms with Crippen LogP contribution in [0.4, 0.5) is 10.5 Å². The third-order valence-corrected chi connectivity index (χ3v) is 3.35. The molecule has 0 spiro atoms. The number of ether oxygens (including phenoxy) is 1. The molecule has 1 aromatic carbocycles. The van der Waals surface area contributed by atoms with Gasteiger partial charge in [-0.05, 0) is 39.3 Å². The average molecular weight is 277 g/mol. The fourth-order valence-corrected chi connectivity index (χ4v) is 2.32. The van der Waals surface area contributed by atoms with E-state index in [0.717, 1.165) is 0 Å². The lowest BCUT2D eigenvalue weighted by Crippen LogP contribution is -2.42. The molecule has 1 amide bonds. The van der Waals surface area contributed by atoms with Gasteiger partial charge in [-0.15, -0.1) is 0 Å². The van der Waals surface area contributed by atoms with Crippen LogP contribution in [0.3, 0.4) is 0 Å². The first kappa shape index (κ1) is 14.4. The molecule has 0 fully saturated rings. The Hall–Kier alpha value is -2.04. The molecular weight excluding hydrogens is 258 g/mol. The molecule has 0 saturated heterocycles. The summed E-state index contributed by atoms with van der Waals surface area (Å²) in [6.45, 7) is 7.05. The Labute approximate surface area is 118 Å². The molecule has 1 heterocycles. The van der Waals surface area contributed by atoms with E-state index in [0.29, 0.717) is 11.3 Å². The van der Waals surface area contributed by atoms with Crippen LogP contribution in [0, 0.1) is 0 Å². The monoisotopic (exact) mass is 277 g/mol. The largest absolute Gasteiger partial charge is 0.481 e. The highest BCUT2D eigenvalue weighted by Gasteiger charge is 2.47. The number of fused-ring (bicyclic) bond motifs is 1. The van der Waals surface area contributed by atoms with E-state index < -0.39 is 23.1 Å². The second-order valence-corrected chi connectivity index (χ2v) is 6.22. The third-order valence-electron chi connectivity index (χ3n) is 3.35. The van der Waals surface area contributed by atoms with Crippen LogP contribution in [0.5, 0.6) is 0 Å². The molecule has 1 aliphatic rings. The number of hydrogen-bond donors (Lipinski definition) is 1. The van der Waals surface area contributed by atoms with Crippen LogP contribution < -0.4 is 4.90 Å². The molecule has 1 N–H and O–H groups in total. The van der Waals surface area contributed by atoms with Crippen molar-refractivity contribution >= 4 is 17.7 Å². The molecule has 2 rings (SSSR count). The summed E-state index contributed by atoms with van der Waals surface area (Å²) in [4.78, 5) is 25.2. The van der Waals surface area contributed by atoms with Gasteiger partial charge in [-0.1, -0.05) is 18.2 Å². The molecule has 108 valence electrons. The highest BCUT2D eigenvalue weighted by atomic mass is 16.6. The van der Waals surface area contributed by atoms with Gasteiger partial charge >= 0.3 is 12.1 Å². The van der Waals surface area contributed by atoms with Gasteiger partial charge in [0.05, 0.1) is 5.69 Å². The molecule has 1 aromatic rings. The molecule has 0 aliphatic carbocycles. The van der Waals surface area contributed by atoms with Gasteiger partial charge < -0.3 is 9.84 Å². The van der Waals surface area contributed by atoms with E-state index in [1.807, 2.05) is 0 Å². The zero-order valence-corrected chi connectivity index (χ0v) is 12.1. The van der Waals surface area contributed by atoms with Gasteiger partial charge in [-0.25, -0.2) is 4.79 Å². The fourth-order valence-electron chi connectivity index (χ4n) is 2.32. The number of rotatable bonds is 1. The van der Waals surface area contributed by atoms with Gasteiger partial charge in [0, 0.05) is 6.54 Å². The predicted molar refractivity (Wildman–Crippen MR) is 75.0 cm³/mol. The zero-order chi connectivity index (χ0) is 15.1. The Morgan fingerprint density at radius 2 is 1.90 bits per heavy atom. The molecule has 1 atom stereocenters. The number of para-hydroxylation sites is 1. The van der Waals surface area contributed by atoms with Crippen LogP contribution in [0.1, 0.15) is 33.3 Å². The van der Waals surface area contributed by atoms with Crippen LogP contribution >= 0.6 is 0 Å². The first-order valence-electron chi connectivity index (χ1n) is 6.48. The fraction of sp³-hybridized carbons (Fsp3) is 0.467. The van der Waals surface area contributed by atoms with Crippen molar-refractivity contribution in [1.29, 1.82) is 0 Å². The summed E-state index contributed by atoms with van der Waals surface area (Å²) >= 11 is 0. The maximum absolute atomic E-state index is 12.2. The topological polar surface area (TPSA) is 66.8 Å². The molecule has 5 nitrogen and oxygen atoms in total. The second-order valence-electron chi connectivity index (χ2n) is 6.22. The van der Waals surface area contributed by atoms with Gasteiger partial charge in [-0.2, -0.15) is 0 Å². The predicted octanol–water partition coefficient (Wildman–Crippen LogP) is 2.78. The summed E-state index contributed by atoms with van der Waals surface area (Å²) < 4.78 is 5.35. The van der Waals surface area contributed by atoms with E-state index in [1.54, 1.807) is 52.0 Å². The summed E-state index contributed by atoms with van der Waals surface area (Å²) in [5.74, 6) is -0.948. The summed E-state index contributed by atoms with van der Waals surface area (Å²) in [6, 6.07) is 7.05. The van der Waals surface area contributed by atoms with Crippen LogP contribution in [0.2, 0.25) is 0 Å². The van der Waals surface area contributed by atoms with E-state index >= 15 is 0 Å². The van der Waals surface area contributed by atoms with E-state index in [1.165, 1.54) is 4.90 Å². The van der Waals surface area contributed by atoms with Gasteiger partial charge in [0.15, 0.2) is 0 Å². The zero-order valence-electron chi connectivity index (χ0n) is 12.1. The number of carbonyl (C=O) groups excluding carboxylic acids is 1. The molecule has 0 saturated carbocycles. The highest BCUT2D eigenvalue weighted by Crippen LogP contribution is 2.41. The first-order valence-corrected chi connectivity index (χ1v) is 6.48. The van der Waals surface area contributed by atoms with Gasteiger partial charge in [-0.3, -0.25) is 9.69 Å². The second kappa shape index (κ2) is 4.51. The number of carbonyl (C=O) groups is 2. The molecule has 0 radical (unpaired) electrons. The number of benzene rings is 1. The summed E-state index contributed by atoms with van der Waals surface area (Å²) in [7, 11) is 0. The number of amides is 1. The van der Waals surface area contributed by atoms with Crippen molar-refractivity contribution in [2.75, 3.05) is 11.4 Å². The van der Waals surface area contributed by atoms with Crippen LogP contribution in [0.25, 0.3) is 0 Å². The van der Waals surface area contributed by atoms with E-state index in [2.05, 4.69) is 0 Å². The van der Waals surface area contributed by atoms with Crippen LogP contribution in [0.15, 0.2) is 24.3 Å². The Morgan fingerprint density at radius 3 is 2.45 bits per heavy atom. The lowest BCUT2D eigenvalue weighted by Gasteiger charge is -2.25. The van der Waals surface area contributed by atoms with Crippen molar-refractivity contribution in [3.63, 3.8) is 0 Å². The molecule has 20 heavy (non-hydrogen) atoms. The van der Waals surface area contributed by atoms with Gasteiger partial charge in [0.1, 0.15) is 11.0 Å².